The molecule has 0 radical (unpaired) electrons. The van der Waals surface area contributed by atoms with Crippen molar-refractivity contribution in [1.82, 2.24) is 5.06 Å². The number of rotatable bonds is 5. The van der Waals surface area contributed by atoms with Crippen molar-refractivity contribution in [1.29, 1.82) is 0 Å². The van der Waals surface area contributed by atoms with Gasteiger partial charge in [0, 0.05) is 5.69 Å². The number of nitrogens with zero attached hydrogens (tertiary/aromatic N) is 1. The first-order chi connectivity index (χ1) is 14.8. The molecular formula is C22H16N2O6S. The number of carbonyl (C=O) groups is 3. The number of anilines is 1. The average Bonchev–Trinajstić information content (AvgIpc) is 3.00. The zero-order valence-corrected chi connectivity index (χ0v) is 17.0. The van der Waals surface area contributed by atoms with Crippen LogP contribution in [-0.4, -0.2) is 31.3 Å². The Morgan fingerprint density at radius 1 is 0.839 bits per heavy atom. The van der Waals surface area contributed by atoms with Gasteiger partial charge >= 0.3 is 5.97 Å². The van der Waals surface area contributed by atoms with Crippen molar-refractivity contribution in [3.63, 3.8) is 0 Å². The molecule has 1 N–H and O–H groups in total. The summed E-state index contributed by atoms with van der Waals surface area (Å²) in [6, 6.07) is 17.9. The number of nitrogens with one attached hydrogen (secondary N) is 1. The van der Waals surface area contributed by atoms with E-state index in [2.05, 4.69) is 4.72 Å². The van der Waals surface area contributed by atoms with Gasteiger partial charge in [0.25, 0.3) is 21.8 Å². The minimum absolute atomic E-state index is 0.0224. The predicted molar refractivity (Wildman–Crippen MR) is 111 cm³/mol. The standard InChI is InChI=1S/C22H16N2O6S/c1-14-6-10-16(11-7-14)23-31(28,29)17-12-8-15(9-13-17)22(27)30-24-20(25)18-4-2-3-5-19(18)21(24)26/h2-13,23H,1H3. The number of sulfonamides is 1. The van der Waals surface area contributed by atoms with E-state index in [1.165, 1.54) is 36.4 Å². The van der Waals surface area contributed by atoms with Gasteiger partial charge in [-0.3, -0.25) is 14.3 Å². The highest BCUT2D eigenvalue weighted by Crippen LogP contribution is 2.24. The number of hydrogen-bond acceptors (Lipinski definition) is 6. The maximum atomic E-state index is 12.5. The molecule has 0 saturated carbocycles. The maximum Gasteiger partial charge on any atom is 0.363 e. The van der Waals surface area contributed by atoms with Crippen LogP contribution in [-0.2, 0) is 14.9 Å². The molecule has 4 rings (SSSR count). The van der Waals surface area contributed by atoms with Crippen molar-refractivity contribution >= 4 is 33.5 Å². The molecule has 0 aliphatic carbocycles. The molecule has 0 aromatic heterocycles. The summed E-state index contributed by atoms with van der Waals surface area (Å²) in [6.45, 7) is 1.89. The molecule has 3 aromatic rings. The van der Waals surface area contributed by atoms with E-state index in [4.69, 9.17) is 4.84 Å². The second-order valence-corrected chi connectivity index (χ2v) is 8.51. The van der Waals surface area contributed by atoms with Crippen molar-refractivity contribution in [2.75, 3.05) is 4.72 Å². The number of hydrogen-bond donors (Lipinski definition) is 1. The molecule has 0 bridgehead atoms. The lowest BCUT2D eigenvalue weighted by Gasteiger charge is -2.13. The van der Waals surface area contributed by atoms with Crippen LogP contribution in [0, 0.1) is 6.92 Å². The van der Waals surface area contributed by atoms with Crippen molar-refractivity contribution < 1.29 is 27.6 Å². The molecule has 1 heterocycles. The van der Waals surface area contributed by atoms with E-state index < -0.39 is 27.8 Å². The molecule has 0 fully saturated rings. The van der Waals surface area contributed by atoms with E-state index >= 15 is 0 Å². The van der Waals surface area contributed by atoms with Crippen LogP contribution in [0.4, 0.5) is 5.69 Å². The monoisotopic (exact) mass is 436 g/mol. The maximum absolute atomic E-state index is 12.5. The molecule has 0 atom stereocenters. The van der Waals surface area contributed by atoms with Crippen LogP contribution < -0.4 is 4.72 Å². The number of fused-ring (bicyclic) bond motifs is 1. The van der Waals surface area contributed by atoms with E-state index in [1.54, 1.807) is 36.4 Å². The molecule has 9 heteroatoms. The largest absolute Gasteiger partial charge is 0.363 e. The molecule has 0 spiro atoms. The smallest absolute Gasteiger partial charge is 0.324 e. The first-order valence-electron chi connectivity index (χ1n) is 9.16. The van der Waals surface area contributed by atoms with Gasteiger partial charge in [0.05, 0.1) is 21.6 Å². The Hall–Kier alpha value is -3.98. The molecule has 1 aliphatic heterocycles. The lowest BCUT2D eigenvalue weighted by molar-refractivity contribution is -0.0584. The molecule has 3 aromatic carbocycles. The molecule has 8 nitrogen and oxygen atoms in total. The Morgan fingerprint density at radius 3 is 1.94 bits per heavy atom. The minimum Gasteiger partial charge on any atom is -0.324 e. The van der Waals surface area contributed by atoms with Crippen LogP contribution in [0.1, 0.15) is 36.6 Å². The summed E-state index contributed by atoms with van der Waals surface area (Å²) in [5.41, 5.74) is 1.65. The van der Waals surface area contributed by atoms with Crippen molar-refractivity contribution in [2.24, 2.45) is 0 Å². The van der Waals surface area contributed by atoms with E-state index in [9.17, 15) is 22.8 Å². The highest BCUT2D eigenvalue weighted by atomic mass is 32.2. The first-order valence-corrected chi connectivity index (χ1v) is 10.6. The Bertz CT molecular complexity index is 1260. The number of benzene rings is 3. The zero-order valence-electron chi connectivity index (χ0n) is 16.2. The number of aryl methyl sites for hydroxylation is 1. The van der Waals surface area contributed by atoms with E-state index in [1.807, 2.05) is 6.92 Å². The van der Waals surface area contributed by atoms with E-state index in [0.29, 0.717) is 10.8 Å². The molecular weight excluding hydrogens is 420 g/mol. The molecule has 0 unspecified atom stereocenters. The lowest BCUT2D eigenvalue weighted by atomic mass is 10.1. The van der Waals surface area contributed by atoms with E-state index in [0.717, 1.165) is 5.56 Å². The Balaban J connectivity index is 1.48. The third-order valence-electron chi connectivity index (χ3n) is 4.64. The Morgan fingerprint density at radius 2 is 1.39 bits per heavy atom. The summed E-state index contributed by atoms with van der Waals surface area (Å²) >= 11 is 0. The quantitative estimate of drug-likeness (QED) is 0.615. The van der Waals surface area contributed by atoms with Gasteiger partial charge in [0.2, 0.25) is 0 Å². The number of carbonyl (C=O) groups excluding carboxylic acids is 3. The molecule has 156 valence electrons. The van der Waals surface area contributed by atoms with Crippen LogP contribution >= 0.6 is 0 Å². The van der Waals surface area contributed by atoms with Gasteiger partial charge in [-0.25, -0.2) is 13.2 Å². The third-order valence-corrected chi connectivity index (χ3v) is 6.03. The number of hydroxylamine groups is 2. The van der Waals surface area contributed by atoms with Crippen molar-refractivity contribution in [3.8, 4) is 0 Å². The first kappa shape index (κ1) is 20.3. The predicted octanol–water partition coefficient (Wildman–Crippen LogP) is 3.16. The fourth-order valence-corrected chi connectivity index (χ4v) is 4.05. The lowest BCUT2D eigenvalue weighted by Crippen LogP contribution is -2.32. The van der Waals surface area contributed by atoms with Crippen LogP contribution in [0.25, 0.3) is 0 Å². The fourth-order valence-electron chi connectivity index (χ4n) is 2.99. The molecule has 0 saturated heterocycles. The summed E-state index contributed by atoms with van der Waals surface area (Å²) in [5.74, 6) is -2.45. The van der Waals surface area contributed by atoms with Crippen LogP contribution in [0.5, 0.6) is 0 Å². The van der Waals surface area contributed by atoms with Gasteiger partial charge in [-0.15, -0.1) is 0 Å². The Kier molecular flexibility index (Phi) is 5.04. The second-order valence-electron chi connectivity index (χ2n) is 6.82. The van der Waals surface area contributed by atoms with Gasteiger partial charge in [-0.05, 0) is 55.5 Å². The highest BCUT2D eigenvalue weighted by molar-refractivity contribution is 7.92. The average molecular weight is 436 g/mol. The van der Waals surface area contributed by atoms with Gasteiger partial charge in [-0.2, -0.15) is 0 Å². The normalized spacial score (nSPS) is 13.1. The van der Waals surface area contributed by atoms with Crippen LogP contribution in [0.2, 0.25) is 0 Å². The molecule has 2 amide bonds. The summed E-state index contributed by atoms with van der Waals surface area (Å²) in [4.78, 5) is 41.9. The summed E-state index contributed by atoms with van der Waals surface area (Å²) in [5, 5.41) is 0.399. The third kappa shape index (κ3) is 3.90. The summed E-state index contributed by atoms with van der Waals surface area (Å²) in [6.07, 6.45) is 0. The van der Waals surface area contributed by atoms with Crippen LogP contribution in [0.3, 0.4) is 0 Å². The summed E-state index contributed by atoms with van der Waals surface area (Å²) in [7, 11) is -3.87. The zero-order chi connectivity index (χ0) is 22.2. The van der Waals surface area contributed by atoms with Crippen LogP contribution in [0.15, 0.2) is 77.7 Å². The van der Waals surface area contributed by atoms with Crippen molar-refractivity contribution in [3.05, 3.63) is 95.1 Å². The van der Waals surface area contributed by atoms with Crippen molar-refractivity contribution in [2.45, 2.75) is 11.8 Å². The molecule has 31 heavy (non-hydrogen) atoms. The summed E-state index contributed by atoms with van der Waals surface area (Å²) < 4.78 is 27.5. The van der Waals surface area contributed by atoms with E-state index in [-0.39, 0.29) is 21.6 Å². The minimum atomic E-state index is -3.87. The van der Waals surface area contributed by atoms with Gasteiger partial charge < -0.3 is 4.84 Å². The van der Waals surface area contributed by atoms with Gasteiger partial charge in [0.1, 0.15) is 0 Å². The SMILES string of the molecule is Cc1ccc(NS(=O)(=O)c2ccc(C(=O)ON3C(=O)c4ccccc4C3=O)cc2)cc1. The topological polar surface area (TPSA) is 110 Å². The fraction of sp³-hybridized carbons (Fsp3) is 0.0455. The molecule has 1 aliphatic rings. The second kappa shape index (κ2) is 7.69. The van der Waals surface area contributed by atoms with Gasteiger partial charge in [-0.1, -0.05) is 34.9 Å². The number of imide groups is 1. The van der Waals surface area contributed by atoms with Gasteiger partial charge in [0.15, 0.2) is 0 Å². The number of amides is 2. The highest BCUT2D eigenvalue weighted by Gasteiger charge is 2.38. The Labute approximate surface area is 178 Å².